The number of hydrogen-bond acceptors (Lipinski definition) is 3. The van der Waals surface area contributed by atoms with E-state index >= 15 is 0 Å². The fourth-order valence-corrected chi connectivity index (χ4v) is 1.62. The first kappa shape index (κ1) is 10.7. The molecule has 0 spiro atoms. The predicted molar refractivity (Wildman–Crippen MR) is 58.6 cm³/mol. The summed E-state index contributed by atoms with van der Waals surface area (Å²) in [6, 6.07) is 6.87. The van der Waals surface area contributed by atoms with Gasteiger partial charge in [-0.15, -0.1) is 0 Å². The van der Waals surface area contributed by atoms with Gasteiger partial charge in [0.1, 0.15) is 0 Å². The van der Waals surface area contributed by atoms with E-state index in [4.69, 9.17) is 21.1 Å². The summed E-state index contributed by atoms with van der Waals surface area (Å²) in [5.74, 6) is -0.644. The van der Waals surface area contributed by atoms with Gasteiger partial charge in [-0.3, -0.25) is 0 Å². The summed E-state index contributed by atoms with van der Waals surface area (Å²) in [5.41, 5.74) is 0.410. The number of rotatable bonds is 2. The highest BCUT2D eigenvalue weighted by molar-refractivity contribution is 6.33. The summed E-state index contributed by atoms with van der Waals surface area (Å²) in [6.07, 6.45) is 0. The van der Waals surface area contributed by atoms with Crippen LogP contribution in [0.4, 0.5) is 0 Å². The van der Waals surface area contributed by atoms with E-state index in [0.29, 0.717) is 16.5 Å². The summed E-state index contributed by atoms with van der Waals surface area (Å²) in [7, 11) is 0. The number of hydrogen-bond donors (Lipinski definition) is 1. The van der Waals surface area contributed by atoms with Gasteiger partial charge in [0.05, 0.1) is 5.02 Å². The topological polar surface area (TPSA) is 63.3 Å². The van der Waals surface area contributed by atoms with Crippen LogP contribution in [0.3, 0.4) is 0 Å². The van der Waals surface area contributed by atoms with Gasteiger partial charge in [0, 0.05) is 12.5 Å². The van der Waals surface area contributed by atoms with Crippen molar-refractivity contribution in [3.63, 3.8) is 0 Å². The molecule has 0 aliphatic heterocycles. The molecule has 16 heavy (non-hydrogen) atoms. The molecule has 0 amide bonds. The first-order chi connectivity index (χ1) is 7.59. The van der Waals surface area contributed by atoms with Gasteiger partial charge in [0.25, 0.3) is 0 Å². The molecular formula is C11H8ClNO3. The number of halogens is 1. The fourth-order valence-electron chi connectivity index (χ4n) is 1.40. The van der Waals surface area contributed by atoms with Crippen LogP contribution in [0.25, 0.3) is 11.3 Å². The zero-order valence-corrected chi connectivity index (χ0v) is 9.15. The predicted octanol–water partition coefficient (Wildman–Crippen LogP) is 3.00. The van der Waals surface area contributed by atoms with Crippen LogP contribution in [-0.2, 0) is 0 Å². The van der Waals surface area contributed by atoms with E-state index in [1.807, 2.05) is 0 Å². The van der Waals surface area contributed by atoms with E-state index in [1.54, 1.807) is 31.2 Å². The van der Waals surface area contributed by atoms with E-state index in [2.05, 4.69) is 4.98 Å². The van der Waals surface area contributed by atoms with Gasteiger partial charge < -0.3 is 9.52 Å². The molecule has 0 aliphatic rings. The van der Waals surface area contributed by atoms with Crippen LogP contribution >= 0.6 is 11.6 Å². The van der Waals surface area contributed by atoms with Crippen molar-refractivity contribution in [1.82, 2.24) is 4.98 Å². The lowest BCUT2D eigenvalue weighted by Crippen LogP contribution is -1.99. The minimum atomic E-state index is -1.13. The lowest BCUT2D eigenvalue weighted by Gasteiger charge is -2.00. The van der Waals surface area contributed by atoms with Crippen LogP contribution in [0.2, 0.25) is 5.02 Å². The molecule has 2 rings (SSSR count). The molecule has 0 aliphatic carbocycles. The standard InChI is InChI=1S/C11H8ClNO3/c1-6-13-9(11(14)15)10(16-6)7-4-2-3-5-8(7)12/h2-5H,1H3,(H,14,15). The SMILES string of the molecule is Cc1nc(C(=O)O)c(-c2ccccc2Cl)o1. The van der Waals surface area contributed by atoms with Crippen molar-refractivity contribution in [2.24, 2.45) is 0 Å². The molecule has 0 saturated carbocycles. The van der Waals surface area contributed by atoms with Gasteiger partial charge in [0.15, 0.2) is 17.3 Å². The molecule has 2 aromatic rings. The largest absolute Gasteiger partial charge is 0.476 e. The molecule has 1 aromatic carbocycles. The maximum Gasteiger partial charge on any atom is 0.358 e. The second kappa shape index (κ2) is 3.98. The van der Waals surface area contributed by atoms with Gasteiger partial charge in [-0.05, 0) is 12.1 Å². The Balaban J connectivity index is 2.64. The summed E-state index contributed by atoms with van der Waals surface area (Å²) in [5, 5.41) is 9.40. The Morgan fingerprint density at radius 2 is 2.12 bits per heavy atom. The Morgan fingerprint density at radius 1 is 1.44 bits per heavy atom. The molecule has 0 saturated heterocycles. The summed E-state index contributed by atoms with van der Waals surface area (Å²) >= 11 is 5.96. The van der Waals surface area contributed by atoms with Gasteiger partial charge in [-0.2, -0.15) is 0 Å². The lowest BCUT2D eigenvalue weighted by molar-refractivity contribution is 0.0691. The maximum absolute atomic E-state index is 11.0. The molecular weight excluding hydrogens is 230 g/mol. The second-order valence-electron chi connectivity index (χ2n) is 3.20. The number of nitrogens with zero attached hydrogens (tertiary/aromatic N) is 1. The number of aromatic carboxylic acids is 1. The fraction of sp³-hybridized carbons (Fsp3) is 0.0909. The number of carboxylic acid groups (broad SMARTS) is 1. The maximum atomic E-state index is 11.0. The summed E-state index contributed by atoms with van der Waals surface area (Å²) in [6.45, 7) is 1.59. The third kappa shape index (κ3) is 1.79. The molecule has 1 N–H and O–H groups in total. The molecule has 0 bridgehead atoms. The molecule has 1 heterocycles. The van der Waals surface area contributed by atoms with E-state index in [-0.39, 0.29) is 11.5 Å². The van der Waals surface area contributed by atoms with Crippen LogP contribution in [0.1, 0.15) is 16.4 Å². The molecule has 0 fully saturated rings. The van der Waals surface area contributed by atoms with E-state index in [9.17, 15) is 4.79 Å². The van der Waals surface area contributed by atoms with Gasteiger partial charge in [0.2, 0.25) is 0 Å². The van der Waals surface area contributed by atoms with E-state index < -0.39 is 5.97 Å². The Hall–Kier alpha value is -1.81. The molecule has 82 valence electrons. The van der Waals surface area contributed by atoms with Crippen molar-refractivity contribution in [1.29, 1.82) is 0 Å². The molecule has 5 heteroatoms. The van der Waals surface area contributed by atoms with Crippen molar-refractivity contribution in [3.05, 3.63) is 40.9 Å². The van der Waals surface area contributed by atoms with Crippen molar-refractivity contribution in [2.75, 3.05) is 0 Å². The average molecular weight is 238 g/mol. The molecule has 1 aromatic heterocycles. The lowest BCUT2D eigenvalue weighted by atomic mass is 10.1. The highest BCUT2D eigenvalue weighted by Crippen LogP contribution is 2.30. The highest BCUT2D eigenvalue weighted by atomic mass is 35.5. The third-order valence-electron chi connectivity index (χ3n) is 2.06. The van der Waals surface area contributed by atoms with E-state index in [1.165, 1.54) is 0 Å². The quantitative estimate of drug-likeness (QED) is 0.872. The van der Waals surface area contributed by atoms with Crippen LogP contribution in [0.5, 0.6) is 0 Å². The molecule has 0 unspecified atom stereocenters. The average Bonchev–Trinajstić information content (AvgIpc) is 2.61. The van der Waals surface area contributed by atoms with Crippen molar-refractivity contribution in [2.45, 2.75) is 6.92 Å². The Labute approximate surface area is 96.5 Å². The van der Waals surface area contributed by atoms with Crippen molar-refractivity contribution in [3.8, 4) is 11.3 Å². The second-order valence-corrected chi connectivity index (χ2v) is 3.60. The highest BCUT2D eigenvalue weighted by Gasteiger charge is 2.20. The molecule has 4 nitrogen and oxygen atoms in total. The van der Waals surface area contributed by atoms with Gasteiger partial charge in [-0.1, -0.05) is 23.7 Å². The van der Waals surface area contributed by atoms with Crippen molar-refractivity contribution < 1.29 is 14.3 Å². The minimum absolute atomic E-state index is 0.120. The monoisotopic (exact) mass is 237 g/mol. The third-order valence-corrected chi connectivity index (χ3v) is 2.38. The smallest absolute Gasteiger partial charge is 0.358 e. The van der Waals surface area contributed by atoms with E-state index in [0.717, 1.165) is 0 Å². The van der Waals surface area contributed by atoms with Crippen LogP contribution in [0, 0.1) is 6.92 Å². The Morgan fingerprint density at radius 3 is 2.75 bits per heavy atom. The van der Waals surface area contributed by atoms with Gasteiger partial charge in [-0.25, -0.2) is 9.78 Å². The number of aromatic nitrogens is 1. The van der Waals surface area contributed by atoms with Crippen LogP contribution < -0.4 is 0 Å². The molecule has 0 radical (unpaired) electrons. The first-order valence-electron chi connectivity index (χ1n) is 4.55. The zero-order chi connectivity index (χ0) is 11.7. The van der Waals surface area contributed by atoms with Crippen LogP contribution in [0.15, 0.2) is 28.7 Å². The molecule has 0 atom stereocenters. The van der Waals surface area contributed by atoms with Crippen LogP contribution in [-0.4, -0.2) is 16.1 Å². The first-order valence-corrected chi connectivity index (χ1v) is 4.93. The van der Waals surface area contributed by atoms with Gasteiger partial charge >= 0.3 is 5.97 Å². The number of benzene rings is 1. The zero-order valence-electron chi connectivity index (χ0n) is 8.40. The minimum Gasteiger partial charge on any atom is -0.476 e. The number of carboxylic acids is 1. The Bertz CT molecular complexity index is 548. The normalized spacial score (nSPS) is 10.4. The van der Waals surface area contributed by atoms with Crippen molar-refractivity contribution >= 4 is 17.6 Å². The Kier molecular flexibility index (Phi) is 2.66. The number of aryl methyl sites for hydroxylation is 1. The number of oxazole rings is 1. The summed E-state index contributed by atoms with van der Waals surface area (Å²) in [4.78, 5) is 14.8. The summed E-state index contributed by atoms with van der Waals surface area (Å²) < 4.78 is 5.27. The number of carbonyl (C=O) groups is 1.